The van der Waals surface area contributed by atoms with Crippen molar-refractivity contribution in [3.8, 4) is 0 Å². The topological polar surface area (TPSA) is 55.0 Å². The lowest BCUT2D eigenvalue weighted by Gasteiger charge is -2.22. The van der Waals surface area contributed by atoms with E-state index in [0.717, 1.165) is 24.7 Å². The molecule has 2 atom stereocenters. The molecule has 100 valence electrons. The molecule has 2 rings (SSSR count). The molecule has 2 unspecified atom stereocenters. The minimum absolute atomic E-state index is 0.0684. The molecule has 0 amide bonds. The van der Waals surface area contributed by atoms with Gasteiger partial charge in [-0.2, -0.15) is 0 Å². The van der Waals surface area contributed by atoms with Crippen LogP contribution in [-0.4, -0.2) is 23.1 Å². The Bertz CT molecular complexity index is 426. The second-order valence-electron chi connectivity index (χ2n) is 6.58. The summed E-state index contributed by atoms with van der Waals surface area (Å²) in [5.74, 6) is 3.78. The molecule has 0 spiro atoms. The van der Waals surface area contributed by atoms with Crippen molar-refractivity contribution in [2.45, 2.75) is 40.0 Å². The molecule has 0 aromatic carbocycles. The molecule has 0 saturated carbocycles. The summed E-state index contributed by atoms with van der Waals surface area (Å²) in [4.78, 5) is 11.4. The summed E-state index contributed by atoms with van der Waals surface area (Å²) in [6.07, 6.45) is 0. The maximum Gasteiger partial charge on any atom is 0.138 e. The predicted molar refractivity (Wildman–Crippen MR) is 75.7 cm³/mol. The molecule has 1 aromatic rings. The third kappa shape index (κ3) is 2.57. The maximum atomic E-state index is 5.92. The standard InChI is InChI=1S/C14H24N4/c1-9-7-18(8-10(9)2)12-6-11(15)16-13(17-12)14(3,4)5/h6,9-10H,7-8H2,1-5H3,(H2,15,16,17). The predicted octanol–water partition coefficient (Wildman–Crippen LogP) is 2.45. The fourth-order valence-electron chi connectivity index (χ4n) is 2.27. The van der Waals surface area contributed by atoms with E-state index in [1.165, 1.54) is 0 Å². The van der Waals surface area contributed by atoms with Gasteiger partial charge in [-0.05, 0) is 11.8 Å². The molecular weight excluding hydrogens is 224 g/mol. The third-order valence-electron chi connectivity index (χ3n) is 3.72. The Labute approximate surface area is 110 Å². The van der Waals surface area contributed by atoms with Gasteiger partial charge in [0.25, 0.3) is 0 Å². The summed E-state index contributed by atoms with van der Waals surface area (Å²) in [5.41, 5.74) is 5.85. The molecule has 1 aliphatic rings. The largest absolute Gasteiger partial charge is 0.384 e. The Hall–Kier alpha value is -1.32. The lowest BCUT2D eigenvalue weighted by Crippen LogP contribution is -2.24. The van der Waals surface area contributed by atoms with Gasteiger partial charge >= 0.3 is 0 Å². The van der Waals surface area contributed by atoms with Crippen LogP contribution in [-0.2, 0) is 5.41 Å². The van der Waals surface area contributed by atoms with Crippen LogP contribution in [0.15, 0.2) is 6.07 Å². The van der Waals surface area contributed by atoms with Crippen molar-refractivity contribution in [3.05, 3.63) is 11.9 Å². The van der Waals surface area contributed by atoms with Crippen LogP contribution in [0.1, 0.15) is 40.4 Å². The van der Waals surface area contributed by atoms with Crippen LogP contribution in [0.3, 0.4) is 0 Å². The number of anilines is 2. The Morgan fingerprint density at radius 2 is 1.72 bits per heavy atom. The maximum absolute atomic E-state index is 5.92. The van der Waals surface area contributed by atoms with Crippen molar-refractivity contribution < 1.29 is 0 Å². The van der Waals surface area contributed by atoms with Crippen LogP contribution in [0.4, 0.5) is 11.6 Å². The smallest absolute Gasteiger partial charge is 0.138 e. The number of aromatic nitrogens is 2. The highest BCUT2D eigenvalue weighted by Gasteiger charge is 2.28. The monoisotopic (exact) mass is 248 g/mol. The number of nitrogen functional groups attached to an aromatic ring is 1. The minimum atomic E-state index is -0.0684. The van der Waals surface area contributed by atoms with Gasteiger partial charge in [-0.3, -0.25) is 0 Å². The Kier molecular flexibility index (Phi) is 3.21. The van der Waals surface area contributed by atoms with E-state index in [-0.39, 0.29) is 5.41 Å². The summed E-state index contributed by atoms with van der Waals surface area (Å²) < 4.78 is 0. The summed E-state index contributed by atoms with van der Waals surface area (Å²) in [5, 5.41) is 0. The lowest BCUT2D eigenvalue weighted by atomic mass is 9.96. The van der Waals surface area contributed by atoms with E-state index in [2.05, 4.69) is 44.5 Å². The summed E-state index contributed by atoms with van der Waals surface area (Å²) >= 11 is 0. The van der Waals surface area contributed by atoms with Crippen molar-refractivity contribution in [3.63, 3.8) is 0 Å². The second kappa shape index (κ2) is 4.41. The zero-order valence-corrected chi connectivity index (χ0v) is 12.1. The van der Waals surface area contributed by atoms with E-state index < -0.39 is 0 Å². The lowest BCUT2D eigenvalue weighted by molar-refractivity contribution is 0.494. The number of nitrogens with two attached hydrogens (primary N) is 1. The van der Waals surface area contributed by atoms with Gasteiger partial charge in [0, 0.05) is 24.6 Å². The molecule has 18 heavy (non-hydrogen) atoms. The molecule has 1 aliphatic heterocycles. The van der Waals surface area contributed by atoms with E-state index in [1.807, 2.05) is 6.07 Å². The Morgan fingerprint density at radius 1 is 1.17 bits per heavy atom. The molecule has 4 heteroatoms. The van der Waals surface area contributed by atoms with Gasteiger partial charge < -0.3 is 10.6 Å². The molecule has 1 fully saturated rings. The number of rotatable bonds is 1. The van der Waals surface area contributed by atoms with E-state index in [0.29, 0.717) is 17.7 Å². The first-order chi connectivity index (χ1) is 8.27. The van der Waals surface area contributed by atoms with Crippen LogP contribution in [0.25, 0.3) is 0 Å². The Morgan fingerprint density at radius 3 is 2.22 bits per heavy atom. The van der Waals surface area contributed by atoms with Crippen LogP contribution in [0.5, 0.6) is 0 Å². The van der Waals surface area contributed by atoms with Crippen molar-refractivity contribution in [2.75, 3.05) is 23.7 Å². The highest BCUT2D eigenvalue weighted by atomic mass is 15.2. The van der Waals surface area contributed by atoms with E-state index in [9.17, 15) is 0 Å². The van der Waals surface area contributed by atoms with Gasteiger partial charge in [0.2, 0.25) is 0 Å². The average molecular weight is 248 g/mol. The molecule has 2 N–H and O–H groups in total. The third-order valence-corrected chi connectivity index (χ3v) is 3.72. The number of hydrogen-bond donors (Lipinski definition) is 1. The van der Waals surface area contributed by atoms with Crippen molar-refractivity contribution in [1.82, 2.24) is 9.97 Å². The van der Waals surface area contributed by atoms with Crippen LogP contribution >= 0.6 is 0 Å². The molecule has 1 aromatic heterocycles. The van der Waals surface area contributed by atoms with Crippen molar-refractivity contribution in [1.29, 1.82) is 0 Å². The first kappa shape index (κ1) is 13.1. The highest BCUT2D eigenvalue weighted by molar-refractivity contribution is 5.48. The van der Waals surface area contributed by atoms with Crippen molar-refractivity contribution >= 4 is 11.6 Å². The van der Waals surface area contributed by atoms with Gasteiger partial charge in [-0.15, -0.1) is 0 Å². The number of nitrogens with zero attached hydrogens (tertiary/aromatic N) is 3. The molecule has 0 aliphatic carbocycles. The first-order valence-corrected chi connectivity index (χ1v) is 6.67. The van der Waals surface area contributed by atoms with E-state index in [1.54, 1.807) is 0 Å². The van der Waals surface area contributed by atoms with Gasteiger partial charge in [-0.1, -0.05) is 34.6 Å². The van der Waals surface area contributed by atoms with Crippen LogP contribution in [0.2, 0.25) is 0 Å². The quantitative estimate of drug-likeness (QED) is 0.829. The molecular formula is C14H24N4. The number of hydrogen-bond acceptors (Lipinski definition) is 4. The second-order valence-corrected chi connectivity index (χ2v) is 6.58. The Balaban J connectivity index is 2.32. The van der Waals surface area contributed by atoms with Gasteiger partial charge in [0.1, 0.15) is 17.5 Å². The van der Waals surface area contributed by atoms with E-state index in [4.69, 9.17) is 10.7 Å². The SMILES string of the molecule is CC1CN(c2cc(N)nc(C(C)(C)C)n2)CC1C. The van der Waals surface area contributed by atoms with Gasteiger partial charge in [0.05, 0.1) is 0 Å². The minimum Gasteiger partial charge on any atom is -0.384 e. The summed E-state index contributed by atoms with van der Waals surface area (Å²) in [6, 6.07) is 1.89. The van der Waals surface area contributed by atoms with E-state index >= 15 is 0 Å². The summed E-state index contributed by atoms with van der Waals surface area (Å²) in [6.45, 7) is 13.0. The molecule has 1 saturated heterocycles. The molecule has 4 nitrogen and oxygen atoms in total. The van der Waals surface area contributed by atoms with Crippen LogP contribution in [0, 0.1) is 11.8 Å². The molecule has 0 radical (unpaired) electrons. The first-order valence-electron chi connectivity index (χ1n) is 6.67. The highest BCUT2D eigenvalue weighted by Crippen LogP contribution is 2.29. The van der Waals surface area contributed by atoms with Gasteiger partial charge in [0.15, 0.2) is 0 Å². The molecule has 2 heterocycles. The van der Waals surface area contributed by atoms with Crippen LogP contribution < -0.4 is 10.6 Å². The average Bonchev–Trinajstić information content (AvgIpc) is 2.57. The van der Waals surface area contributed by atoms with Crippen molar-refractivity contribution in [2.24, 2.45) is 11.8 Å². The normalized spacial score (nSPS) is 24.6. The zero-order chi connectivity index (χ0) is 13.5. The fourth-order valence-corrected chi connectivity index (χ4v) is 2.27. The summed E-state index contributed by atoms with van der Waals surface area (Å²) in [7, 11) is 0. The van der Waals surface area contributed by atoms with Gasteiger partial charge in [-0.25, -0.2) is 9.97 Å². The fraction of sp³-hybridized carbons (Fsp3) is 0.714. The zero-order valence-electron chi connectivity index (χ0n) is 12.1. The molecule has 0 bridgehead atoms.